The lowest BCUT2D eigenvalue weighted by Gasteiger charge is -2.30. The van der Waals surface area contributed by atoms with E-state index >= 15 is 0 Å². The molecule has 1 heterocycles. The first-order chi connectivity index (χ1) is 9.22. The van der Waals surface area contributed by atoms with Gasteiger partial charge in [0.25, 0.3) is 0 Å². The number of fused-ring (bicyclic) bond motifs is 2. The standard InChI is InChI=1S/C16H28N2O/c1-3-5-14-16(19)18(15(4-2)17-14)10-13-9-11-6-7-12(13)8-11/h11-15,17H,3-10H2,1-2H3. The van der Waals surface area contributed by atoms with Crippen LogP contribution in [0, 0.1) is 17.8 Å². The number of carbonyl (C=O) groups excluding carboxylic acids is 1. The fourth-order valence-electron chi connectivity index (χ4n) is 4.65. The zero-order chi connectivity index (χ0) is 13.4. The second-order valence-corrected chi connectivity index (χ2v) is 6.86. The molecule has 19 heavy (non-hydrogen) atoms. The van der Waals surface area contributed by atoms with Crippen LogP contribution in [0.3, 0.4) is 0 Å². The molecule has 3 nitrogen and oxygen atoms in total. The SMILES string of the molecule is CCCC1NC(CC)N(CC2CC3CCC2C3)C1=O. The highest BCUT2D eigenvalue weighted by atomic mass is 16.2. The minimum absolute atomic E-state index is 0.0912. The van der Waals surface area contributed by atoms with Crippen molar-refractivity contribution in [2.75, 3.05) is 6.54 Å². The van der Waals surface area contributed by atoms with Gasteiger partial charge in [-0.25, -0.2) is 0 Å². The van der Waals surface area contributed by atoms with E-state index in [4.69, 9.17) is 0 Å². The average molecular weight is 264 g/mol. The number of nitrogens with one attached hydrogen (secondary N) is 1. The van der Waals surface area contributed by atoms with Gasteiger partial charge in [-0.2, -0.15) is 0 Å². The van der Waals surface area contributed by atoms with E-state index in [0.29, 0.717) is 12.1 Å². The summed E-state index contributed by atoms with van der Waals surface area (Å²) in [6.07, 6.45) is 9.09. The molecule has 2 bridgehead atoms. The summed E-state index contributed by atoms with van der Waals surface area (Å²) in [6, 6.07) is 0.0912. The number of rotatable bonds is 5. The van der Waals surface area contributed by atoms with Gasteiger partial charge in [-0.1, -0.05) is 26.7 Å². The summed E-state index contributed by atoms with van der Waals surface area (Å²) < 4.78 is 0. The topological polar surface area (TPSA) is 32.3 Å². The third-order valence-electron chi connectivity index (χ3n) is 5.63. The molecule has 5 unspecified atom stereocenters. The van der Waals surface area contributed by atoms with Gasteiger partial charge in [-0.3, -0.25) is 10.1 Å². The monoisotopic (exact) mass is 264 g/mol. The molecule has 0 aromatic carbocycles. The lowest BCUT2D eigenvalue weighted by atomic mass is 9.88. The third-order valence-corrected chi connectivity index (χ3v) is 5.63. The second-order valence-electron chi connectivity index (χ2n) is 6.86. The van der Waals surface area contributed by atoms with Crippen molar-refractivity contribution in [3.05, 3.63) is 0 Å². The Balaban J connectivity index is 1.63. The van der Waals surface area contributed by atoms with Crippen LogP contribution >= 0.6 is 0 Å². The molecule has 0 aromatic heterocycles. The first-order valence-corrected chi connectivity index (χ1v) is 8.29. The number of hydrogen-bond donors (Lipinski definition) is 1. The highest BCUT2D eigenvalue weighted by molar-refractivity contribution is 5.84. The molecule has 3 rings (SSSR count). The lowest BCUT2D eigenvalue weighted by molar-refractivity contribution is -0.131. The van der Waals surface area contributed by atoms with Gasteiger partial charge in [0.1, 0.15) is 0 Å². The molecule has 5 atom stereocenters. The van der Waals surface area contributed by atoms with Crippen molar-refractivity contribution in [3.63, 3.8) is 0 Å². The summed E-state index contributed by atoms with van der Waals surface area (Å²) >= 11 is 0. The Labute approximate surface area is 117 Å². The molecular formula is C16H28N2O. The molecule has 3 heteroatoms. The van der Waals surface area contributed by atoms with Gasteiger partial charge in [0.15, 0.2) is 0 Å². The zero-order valence-electron chi connectivity index (χ0n) is 12.4. The third kappa shape index (κ3) is 2.42. The minimum atomic E-state index is 0.0912. The Morgan fingerprint density at radius 2 is 2.11 bits per heavy atom. The summed E-state index contributed by atoms with van der Waals surface area (Å²) in [5, 5.41) is 3.54. The summed E-state index contributed by atoms with van der Waals surface area (Å²) in [4.78, 5) is 14.7. The molecule has 0 aromatic rings. The normalized spacial score (nSPS) is 41.5. The van der Waals surface area contributed by atoms with Gasteiger partial charge in [-0.05, 0) is 49.9 Å². The summed E-state index contributed by atoms with van der Waals surface area (Å²) in [5.41, 5.74) is 0. The van der Waals surface area contributed by atoms with Crippen LogP contribution in [0.15, 0.2) is 0 Å². The summed E-state index contributed by atoms with van der Waals surface area (Å²) in [6.45, 7) is 5.37. The van der Waals surface area contributed by atoms with Crippen LogP contribution in [0.2, 0.25) is 0 Å². The van der Waals surface area contributed by atoms with Crippen molar-refractivity contribution >= 4 is 5.91 Å². The number of amides is 1. The molecule has 0 radical (unpaired) electrons. The highest BCUT2D eigenvalue weighted by Gasteiger charge is 2.44. The minimum Gasteiger partial charge on any atom is -0.326 e. The fraction of sp³-hybridized carbons (Fsp3) is 0.938. The van der Waals surface area contributed by atoms with Crippen LogP contribution in [0.1, 0.15) is 58.8 Å². The van der Waals surface area contributed by atoms with Crippen molar-refractivity contribution in [3.8, 4) is 0 Å². The quantitative estimate of drug-likeness (QED) is 0.828. The Hall–Kier alpha value is -0.570. The average Bonchev–Trinajstić information content (AvgIpc) is 3.09. The summed E-state index contributed by atoms with van der Waals surface area (Å²) in [7, 11) is 0. The first kappa shape index (κ1) is 13.4. The Morgan fingerprint density at radius 1 is 1.26 bits per heavy atom. The van der Waals surface area contributed by atoms with Crippen LogP contribution in [0.5, 0.6) is 0 Å². The first-order valence-electron chi connectivity index (χ1n) is 8.29. The molecule has 1 amide bonds. The van der Waals surface area contributed by atoms with E-state index in [1.165, 1.54) is 25.7 Å². The van der Waals surface area contributed by atoms with E-state index in [-0.39, 0.29) is 6.04 Å². The van der Waals surface area contributed by atoms with Gasteiger partial charge >= 0.3 is 0 Å². The predicted octanol–water partition coefficient (Wildman–Crippen LogP) is 2.76. The molecule has 108 valence electrons. The number of hydrogen-bond acceptors (Lipinski definition) is 2. The molecule has 0 spiro atoms. The van der Waals surface area contributed by atoms with E-state index < -0.39 is 0 Å². The van der Waals surface area contributed by atoms with Gasteiger partial charge in [0, 0.05) is 6.54 Å². The van der Waals surface area contributed by atoms with E-state index in [9.17, 15) is 4.79 Å². The van der Waals surface area contributed by atoms with E-state index in [1.54, 1.807) is 0 Å². The van der Waals surface area contributed by atoms with Crippen molar-refractivity contribution in [2.45, 2.75) is 71.0 Å². The fourth-order valence-corrected chi connectivity index (χ4v) is 4.65. The van der Waals surface area contributed by atoms with Crippen LogP contribution < -0.4 is 5.32 Å². The Bertz CT molecular complexity index is 344. The maximum Gasteiger partial charge on any atom is 0.241 e. The molecule has 2 aliphatic carbocycles. The van der Waals surface area contributed by atoms with Crippen LogP contribution in [-0.2, 0) is 4.79 Å². The van der Waals surface area contributed by atoms with Crippen LogP contribution in [-0.4, -0.2) is 29.6 Å². The highest BCUT2D eigenvalue weighted by Crippen LogP contribution is 2.48. The van der Waals surface area contributed by atoms with E-state index in [2.05, 4.69) is 24.1 Å². The molecular weight excluding hydrogens is 236 g/mol. The van der Waals surface area contributed by atoms with Crippen molar-refractivity contribution in [1.82, 2.24) is 10.2 Å². The van der Waals surface area contributed by atoms with Crippen molar-refractivity contribution in [1.29, 1.82) is 0 Å². The van der Waals surface area contributed by atoms with Crippen LogP contribution in [0.4, 0.5) is 0 Å². The van der Waals surface area contributed by atoms with Gasteiger partial charge in [-0.15, -0.1) is 0 Å². The molecule has 2 saturated carbocycles. The summed E-state index contributed by atoms with van der Waals surface area (Å²) in [5.74, 6) is 3.06. The number of nitrogens with zero attached hydrogens (tertiary/aromatic N) is 1. The predicted molar refractivity (Wildman–Crippen MR) is 76.6 cm³/mol. The van der Waals surface area contributed by atoms with Crippen molar-refractivity contribution < 1.29 is 4.79 Å². The lowest BCUT2D eigenvalue weighted by Crippen LogP contribution is -2.41. The van der Waals surface area contributed by atoms with Crippen molar-refractivity contribution in [2.24, 2.45) is 17.8 Å². The maximum absolute atomic E-state index is 12.5. The van der Waals surface area contributed by atoms with Gasteiger partial charge in [0.05, 0.1) is 12.2 Å². The van der Waals surface area contributed by atoms with Gasteiger partial charge < -0.3 is 4.90 Å². The maximum atomic E-state index is 12.5. The second kappa shape index (κ2) is 5.43. The zero-order valence-corrected chi connectivity index (χ0v) is 12.4. The molecule has 1 N–H and O–H groups in total. The molecule has 1 saturated heterocycles. The molecule has 1 aliphatic heterocycles. The molecule has 3 aliphatic rings. The number of carbonyl (C=O) groups is 1. The molecule has 3 fully saturated rings. The smallest absolute Gasteiger partial charge is 0.241 e. The van der Waals surface area contributed by atoms with Gasteiger partial charge in [0.2, 0.25) is 5.91 Å². The Morgan fingerprint density at radius 3 is 2.68 bits per heavy atom. The largest absolute Gasteiger partial charge is 0.326 e. The van der Waals surface area contributed by atoms with E-state index in [1.807, 2.05) is 0 Å². The van der Waals surface area contributed by atoms with Crippen LogP contribution in [0.25, 0.3) is 0 Å². The van der Waals surface area contributed by atoms with E-state index in [0.717, 1.165) is 43.6 Å². The Kier molecular flexibility index (Phi) is 3.84.